The fourth-order valence-electron chi connectivity index (χ4n) is 1.37. The van der Waals surface area contributed by atoms with Gasteiger partial charge < -0.3 is 10.4 Å². The molecule has 1 aromatic rings. The van der Waals surface area contributed by atoms with E-state index in [0.717, 1.165) is 25.8 Å². The summed E-state index contributed by atoms with van der Waals surface area (Å²) in [7, 11) is 0. The molecule has 1 rings (SSSR count). The van der Waals surface area contributed by atoms with Gasteiger partial charge >= 0.3 is 0 Å². The van der Waals surface area contributed by atoms with Crippen molar-refractivity contribution < 1.29 is 5.11 Å². The first-order valence-corrected chi connectivity index (χ1v) is 6.15. The van der Waals surface area contributed by atoms with Crippen LogP contribution in [0.3, 0.4) is 0 Å². The van der Waals surface area contributed by atoms with Crippen LogP contribution in [0.25, 0.3) is 0 Å². The molecule has 0 radical (unpaired) electrons. The van der Waals surface area contributed by atoms with Crippen LogP contribution in [0.2, 0.25) is 0 Å². The largest absolute Gasteiger partial charge is 0.396 e. The van der Waals surface area contributed by atoms with E-state index >= 15 is 0 Å². The molecule has 0 aliphatic rings. The van der Waals surface area contributed by atoms with Gasteiger partial charge in [-0.15, -0.1) is 0 Å². The summed E-state index contributed by atoms with van der Waals surface area (Å²) in [5.74, 6) is 0. The highest BCUT2D eigenvalue weighted by molar-refractivity contribution is 7.07. The molecule has 0 bridgehead atoms. The Balaban J connectivity index is 2.07. The van der Waals surface area contributed by atoms with Crippen molar-refractivity contribution in [3.05, 3.63) is 22.4 Å². The van der Waals surface area contributed by atoms with Gasteiger partial charge in [-0.3, -0.25) is 0 Å². The normalized spacial score (nSPS) is 13.0. The van der Waals surface area contributed by atoms with Crippen molar-refractivity contribution in [2.24, 2.45) is 0 Å². The maximum absolute atomic E-state index is 8.61. The summed E-state index contributed by atoms with van der Waals surface area (Å²) in [4.78, 5) is 0. The molecule has 0 fully saturated rings. The second-order valence-corrected chi connectivity index (χ2v) is 4.30. The summed E-state index contributed by atoms with van der Waals surface area (Å²) in [5, 5.41) is 16.4. The minimum absolute atomic E-state index is 0.320. The molecular weight excluding hydrogens is 194 g/mol. The Morgan fingerprint density at radius 3 is 2.93 bits per heavy atom. The summed E-state index contributed by atoms with van der Waals surface area (Å²) in [6.07, 6.45) is 3.18. The first-order valence-electron chi connectivity index (χ1n) is 5.21. The summed E-state index contributed by atoms with van der Waals surface area (Å²) < 4.78 is 0. The van der Waals surface area contributed by atoms with Crippen molar-refractivity contribution in [3.63, 3.8) is 0 Å². The SMILES string of the molecule is CC(NCCCCCO)c1ccsc1. The van der Waals surface area contributed by atoms with E-state index < -0.39 is 0 Å². The summed E-state index contributed by atoms with van der Waals surface area (Å²) in [5.41, 5.74) is 1.37. The minimum Gasteiger partial charge on any atom is -0.396 e. The molecule has 2 nitrogen and oxygen atoms in total. The van der Waals surface area contributed by atoms with Crippen molar-refractivity contribution in [1.82, 2.24) is 5.32 Å². The molecule has 1 atom stereocenters. The van der Waals surface area contributed by atoms with E-state index in [0.29, 0.717) is 12.6 Å². The molecule has 1 aromatic heterocycles. The third kappa shape index (κ3) is 4.22. The summed E-state index contributed by atoms with van der Waals surface area (Å²) >= 11 is 1.74. The summed E-state index contributed by atoms with van der Waals surface area (Å²) in [6, 6.07) is 2.62. The van der Waals surface area contributed by atoms with Crippen molar-refractivity contribution in [3.8, 4) is 0 Å². The van der Waals surface area contributed by atoms with Gasteiger partial charge in [0, 0.05) is 12.6 Å². The molecule has 0 spiro atoms. The standard InChI is InChI=1S/C11H19NOS/c1-10(11-5-8-14-9-11)12-6-3-2-4-7-13/h5,8-10,12-13H,2-4,6-7H2,1H3. The van der Waals surface area contributed by atoms with Gasteiger partial charge in [-0.2, -0.15) is 11.3 Å². The number of aliphatic hydroxyl groups is 1. The predicted molar refractivity (Wildman–Crippen MR) is 61.7 cm³/mol. The number of hydrogen-bond donors (Lipinski definition) is 2. The molecule has 1 unspecified atom stereocenters. The summed E-state index contributed by atoms with van der Waals surface area (Å²) in [6.45, 7) is 3.55. The average Bonchev–Trinajstić information content (AvgIpc) is 2.70. The van der Waals surface area contributed by atoms with Gasteiger partial charge in [0.25, 0.3) is 0 Å². The van der Waals surface area contributed by atoms with Crippen molar-refractivity contribution in [2.45, 2.75) is 32.2 Å². The first-order chi connectivity index (χ1) is 6.84. The van der Waals surface area contributed by atoms with Crippen molar-refractivity contribution in [2.75, 3.05) is 13.2 Å². The highest BCUT2D eigenvalue weighted by Gasteiger charge is 2.03. The Labute approximate surface area is 90.0 Å². The van der Waals surface area contributed by atoms with Crippen LogP contribution in [-0.2, 0) is 0 Å². The second-order valence-electron chi connectivity index (χ2n) is 3.52. The average molecular weight is 213 g/mol. The van der Waals surface area contributed by atoms with E-state index in [1.54, 1.807) is 11.3 Å². The zero-order valence-electron chi connectivity index (χ0n) is 8.70. The monoisotopic (exact) mass is 213 g/mol. The number of rotatable bonds is 7. The van der Waals surface area contributed by atoms with Crippen LogP contribution in [0.4, 0.5) is 0 Å². The number of aliphatic hydroxyl groups excluding tert-OH is 1. The van der Waals surface area contributed by atoms with Crippen LogP contribution in [-0.4, -0.2) is 18.3 Å². The van der Waals surface area contributed by atoms with E-state index in [-0.39, 0.29) is 0 Å². The minimum atomic E-state index is 0.320. The molecule has 0 amide bonds. The number of unbranched alkanes of at least 4 members (excludes halogenated alkanes) is 2. The van der Waals surface area contributed by atoms with Gasteiger partial charge in [-0.25, -0.2) is 0 Å². The smallest absolute Gasteiger partial charge is 0.0431 e. The lowest BCUT2D eigenvalue weighted by molar-refractivity contribution is 0.282. The van der Waals surface area contributed by atoms with Gasteiger partial charge in [0.2, 0.25) is 0 Å². The Kier molecular flexibility index (Phi) is 5.83. The van der Waals surface area contributed by atoms with Crippen LogP contribution >= 0.6 is 11.3 Å². The third-order valence-corrected chi connectivity index (χ3v) is 3.03. The van der Waals surface area contributed by atoms with Crippen LogP contribution in [0, 0.1) is 0 Å². The maximum Gasteiger partial charge on any atom is 0.0431 e. The van der Waals surface area contributed by atoms with Crippen molar-refractivity contribution in [1.29, 1.82) is 0 Å². The van der Waals surface area contributed by atoms with E-state index in [2.05, 4.69) is 29.1 Å². The van der Waals surface area contributed by atoms with Gasteiger partial charge in [0.05, 0.1) is 0 Å². The Hall–Kier alpha value is -0.380. The number of hydrogen-bond acceptors (Lipinski definition) is 3. The Morgan fingerprint density at radius 1 is 1.43 bits per heavy atom. The van der Waals surface area contributed by atoms with Gasteiger partial charge in [-0.05, 0) is 55.1 Å². The van der Waals surface area contributed by atoms with E-state index in [1.165, 1.54) is 5.56 Å². The van der Waals surface area contributed by atoms with Crippen molar-refractivity contribution >= 4 is 11.3 Å². The molecule has 3 heteroatoms. The molecule has 14 heavy (non-hydrogen) atoms. The molecule has 2 N–H and O–H groups in total. The zero-order chi connectivity index (χ0) is 10.2. The lowest BCUT2D eigenvalue weighted by Crippen LogP contribution is -2.19. The van der Waals surface area contributed by atoms with E-state index in [9.17, 15) is 0 Å². The fraction of sp³-hybridized carbons (Fsp3) is 0.636. The molecule has 0 saturated heterocycles. The molecule has 0 saturated carbocycles. The maximum atomic E-state index is 8.61. The Bertz CT molecular complexity index is 223. The van der Waals surface area contributed by atoms with Gasteiger partial charge in [-0.1, -0.05) is 0 Å². The first kappa shape index (κ1) is 11.7. The molecule has 0 aliphatic carbocycles. The van der Waals surface area contributed by atoms with Crippen LogP contribution in [0.15, 0.2) is 16.8 Å². The third-order valence-electron chi connectivity index (χ3n) is 2.33. The quantitative estimate of drug-likeness (QED) is 0.682. The van der Waals surface area contributed by atoms with Gasteiger partial charge in [0.15, 0.2) is 0 Å². The highest BCUT2D eigenvalue weighted by atomic mass is 32.1. The fourth-order valence-corrected chi connectivity index (χ4v) is 2.13. The Morgan fingerprint density at radius 2 is 2.29 bits per heavy atom. The van der Waals surface area contributed by atoms with Gasteiger partial charge in [0.1, 0.15) is 0 Å². The molecule has 0 aromatic carbocycles. The molecule has 80 valence electrons. The lowest BCUT2D eigenvalue weighted by atomic mass is 10.1. The van der Waals surface area contributed by atoms with Crippen LogP contribution in [0.1, 0.15) is 37.8 Å². The topological polar surface area (TPSA) is 32.3 Å². The zero-order valence-corrected chi connectivity index (χ0v) is 9.52. The lowest BCUT2D eigenvalue weighted by Gasteiger charge is -2.11. The van der Waals surface area contributed by atoms with Crippen LogP contribution < -0.4 is 5.32 Å². The predicted octanol–water partition coefficient (Wildman–Crippen LogP) is 2.56. The second kappa shape index (κ2) is 6.98. The molecular formula is C11H19NOS. The molecule has 0 aliphatic heterocycles. The van der Waals surface area contributed by atoms with Crippen LogP contribution in [0.5, 0.6) is 0 Å². The van der Waals surface area contributed by atoms with E-state index in [4.69, 9.17) is 5.11 Å². The molecule has 1 heterocycles. The highest BCUT2D eigenvalue weighted by Crippen LogP contribution is 2.15. The number of thiophene rings is 1. The number of nitrogens with one attached hydrogen (secondary N) is 1. The van der Waals surface area contributed by atoms with E-state index in [1.807, 2.05) is 0 Å².